The molecule has 198 valence electrons. The predicted octanol–water partition coefficient (Wildman–Crippen LogP) is 5.47. The molecule has 1 aliphatic rings. The highest BCUT2D eigenvalue weighted by molar-refractivity contribution is 6.09. The molecule has 4 heterocycles. The van der Waals surface area contributed by atoms with Crippen molar-refractivity contribution in [1.82, 2.24) is 25.2 Å². The average molecular weight is 512 g/mol. The van der Waals surface area contributed by atoms with Gasteiger partial charge in [0.05, 0.1) is 5.69 Å². The number of carbonyl (C=O) groups is 1. The van der Waals surface area contributed by atoms with Crippen molar-refractivity contribution in [3.63, 3.8) is 0 Å². The fourth-order valence-corrected chi connectivity index (χ4v) is 5.66. The summed E-state index contributed by atoms with van der Waals surface area (Å²) >= 11 is 0. The van der Waals surface area contributed by atoms with Crippen molar-refractivity contribution in [3.8, 4) is 11.1 Å². The van der Waals surface area contributed by atoms with Crippen LogP contribution in [0.4, 0.5) is 0 Å². The Kier molecular flexibility index (Phi) is 7.47. The highest BCUT2D eigenvalue weighted by atomic mass is 16.1. The van der Waals surface area contributed by atoms with E-state index in [-0.39, 0.29) is 18.0 Å². The van der Waals surface area contributed by atoms with E-state index in [9.17, 15) is 9.59 Å². The Morgan fingerprint density at radius 2 is 1.95 bits per heavy atom. The third kappa shape index (κ3) is 5.16. The maximum absolute atomic E-state index is 13.6. The van der Waals surface area contributed by atoms with Crippen LogP contribution in [0.1, 0.15) is 77.1 Å². The van der Waals surface area contributed by atoms with Crippen LogP contribution in [-0.2, 0) is 13.1 Å². The van der Waals surface area contributed by atoms with E-state index in [0.29, 0.717) is 17.2 Å². The van der Waals surface area contributed by atoms with Gasteiger partial charge in [-0.15, -0.1) is 0 Å². The number of H-pyrrole nitrogens is 1. The molecule has 7 heteroatoms. The van der Waals surface area contributed by atoms with E-state index in [1.807, 2.05) is 39.1 Å². The number of aryl methyl sites for hydroxylation is 4. The number of piperidine rings is 1. The summed E-state index contributed by atoms with van der Waals surface area (Å²) in [5.41, 5.74) is 7.81. The summed E-state index contributed by atoms with van der Waals surface area (Å²) < 4.78 is 2.23. The number of rotatable bonds is 7. The molecule has 1 amide bonds. The predicted molar refractivity (Wildman–Crippen MR) is 152 cm³/mol. The first-order valence-electron chi connectivity index (χ1n) is 13.7. The van der Waals surface area contributed by atoms with Gasteiger partial charge >= 0.3 is 0 Å². The quantitative estimate of drug-likeness (QED) is 0.307. The van der Waals surface area contributed by atoms with Crippen LogP contribution in [0.25, 0.3) is 22.0 Å². The molecule has 0 spiro atoms. The maximum Gasteiger partial charge on any atom is 0.253 e. The molecule has 0 radical (unpaired) electrons. The summed E-state index contributed by atoms with van der Waals surface area (Å²) in [5, 5.41) is 7.53. The number of hydrogen-bond acceptors (Lipinski definition) is 4. The van der Waals surface area contributed by atoms with Crippen molar-refractivity contribution in [3.05, 3.63) is 86.7 Å². The second-order valence-electron chi connectivity index (χ2n) is 10.5. The lowest BCUT2D eigenvalue weighted by atomic mass is 9.97. The normalized spacial score (nSPS) is 15.6. The minimum atomic E-state index is -0.190. The minimum Gasteiger partial charge on any atom is -0.348 e. The zero-order chi connectivity index (χ0) is 26.8. The van der Waals surface area contributed by atoms with Crippen LogP contribution >= 0.6 is 0 Å². The second kappa shape index (κ2) is 11.0. The third-order valence-corrected chi connectivity index (χ3v) is 7.59. The summed E-state index contributed by atoms with van der Waals surface area (Å²) in [6.07, 6.45) is 8.58. The van der Waals surface area contributed by atoms with Gasteiger partial charge in [0.2, 0.25) is 0 Å². The molecule has 38 heavy (non-hydrogen) atoms. The highest BCUT2D eigenvalue weighted by Crippen LogP contribution is 2.32. The van der Waals surface area contributed by atoms with Crippen LogP contribution in [0.3, 0.4) is 0 Å². The Hall–Kier alpha value is -3.71. The first-order valence-corrected chi connectivity index (χ1v) is 13.7. The molecule has 1 fully saturated rings. The summed E-state index contributed by atoms with van der Waals surface area (Å²) in [5.74, 6) is -0.190. The van der Waals surface area contributed by atoms with Gasteiger partial charge in [0.25, 0.3) is 11.5 Å². The van der Waals surface area contributed by atoms with Crippen LogP contribution < -0.4 is 16.2 Å². The van der Waals surface area contributed by atoms with E-state index >= 15 is 0 Å². The summed E-state index contributed by atoms with van der Waals surface area (Å²) in [4.78, 5) is 33.8. The van der Waals surface area contributed by atoms with Crippen LogP contribution in [0, 0.1) is 20.8 Å². The molecule has 1 atom stereocenters. The van der Waals surface area contributed by atoms with Gasteiger partial charge in [0.1, 0.15) is 0 Å². The van der Waals surface area contributed by atoms with E-state index in [0.717, 1.165) is 70.5 Å². The summed E-state index contributed by atoms with van der Waals surface area (Å²) in [7, 11) is 0. The van der Waals surface area contributed by atoms with E-state index in [1.54, 1.807) is 0 Å². The molecule has 1 aromatic carbocycles. The topological polar surface area (TPSA) is 91.8 Å². The Bertz CT molecular complexity index is 1520. The molecule has 4 aromatic rings. The Morgan fingerprint density at radius 1 is 1.11 bits per heavy atom. The average Bonchev–Trinajstić information content (AvgIpc) is 3.23. The molecule has 7 nitrogen and oxygen atoms in total. The molecule has 0 bridgehead atoms. The zero-order valence-corrected chi connectivity index (χ0v) is 22.8. The van der Waals surface area contributed by atoms with Gasteiger partial charge < -0.3 is 20.2 Å². The lowest BCUT2D eigenvalue weighted by Crippen LogP contribution is -2.28. The van der Waals surface area contributed by atoms with Gasteiger partial charge in [0, 0.05) is 64.8 Å². The van der Waals surface area contributed by atoms with Crippen molar-refractivity contribution in [1.29, 1.82) is 0 Å². The van der Waals surface area contributed by atoms with Gasteiger partial charge in [0.15, 0.2) is 0 Å². The second-order valence-corrected chi connectivity index (χ2v) is 10.5. The number of hydrogen-bond donors (Lipinski definition) is 3. The van der Waals surface area contributed by atoms with E-state index in [1.165, 1.54) is 12.8 Å². The summed E-state index contributed by atoms with van der Waals surface area (Å²) in [6, 6.07) is 10.6. The molecule has 3 aromatic heterocycles. The minimum absolute atomic E-state index is 0.161. The molecule has 0 aliphatic carbocycles. The number of benzene rings is 1. The van der Waals surface area contributed by atoms with Gasteiger partial charge in [-0.3, -0.25) is 14.6 Å². The number of amides is 1. The zero-order valence-electron chi connectivity index (χ0n) is 22.8. The molecular weight excluding hydrogens is 474 g/mol. The van der Waals surface area contributed by atoms with Crippen molar-refractivity contribution in [2.45, 2.75) is 72.5 Å². The van der Waals surface area contributed by atoms with Crippen LogP contribution in [0.5, 0.6) is 0 Å². The number of carbonyl (C=O) groups excluding carboxylic acids is 1. The SMILES string of the molecule is CCCn1cc(C)c2c(C(=O)NCc3c(C)cc(C)[nH]c3=O)cc(-c3ccc(C4CCCCN4)nc3)cc21. The Morgan fingerprint density at radius 3 is 2.63 bits per heavy atom. The molecular formula is C31H37N5O2. The molecule has 5 rings (SSSR count). The molecule has 1 aliphatic heterocycles. The van der Waals surface area contributed by atoms with Gasteiger partial charge in [-0.1, -0.05) is 19.4 Å². The third-order valence-electron chi connectivity index (χ3n) is 7.59. The fourth-order valence-electron chi connectivity index (χ4n) is 5.66. The van der Waals surface area contributed by atoms with E-state index < -0.39 is 0 Å². The lowest BCUT2D eigenvalue weighted by Gasteiger charge is -2.23. The van der Waals surface area contributed by atoms with E-state index in [4.69, 9.17) is 4.98 Å². The standard InChI is InChI=1S/C31H37N5O2/c1-5-12-36-18-20(3)29-24(30(37)34-17-25-19(2)13-21(4)35-31(25)38)14-23(15-28(29)36)22-9-10-27(33-16-22)26-8-6-7-11-32-26/h9-10,13-16,18,26,32H,5-8,11-12,17H2,1-4H3,(H,34,37)(H,35,38). The number of nitrogens with one attached hydrogen (secondary N) is 3. The molecule has 1 saturated heterocycles. The number of aromatic nitrogens is 3. The monoisotopic (exact) mass is 511 g/mol. The number of fused-ring (bicyclic) bond motifs is 1. The first kappa shape index (κ1) is 25.9. The maximum atomic E-state index is 13.6. The fraction of sp³-hybridized carbons (Fsp3) is 0.387. The molecule has 3 N–H and O–H groups in total. The Balaban J connectivity index is 1.52. The van der Waals surface area contributed by atoms with Gasteiger partial charge in [-0.25, -0.2) is 0 Å². The molecule has 1 unspecified atom stereocenters. The number of nitrogens with zero attached hydrogens (tertiary/aromatic N) is 2. The van der Waals surface area contributed by atoms with Gasteiger partial charge in [-0.2, -0.15) is 0 Å². The van der Waals surface area contributed by atoms with Crippen molar-refractivity contribution >= 4 is 16.8 Å². The Labute approximate surface area is 223 Å². The van der Waals surface area contributed by atoms with Crippen molar-refractivity contribution in [2.24, 2.45) is 0 Å². The lowest BCUT2D eigenvalue weighted by molar-refractivity contribution is 0.0952. The van der Waals surface area contributed by atoms with Crippen LogP contribution in [0.2, 0.25) is 0 Å². The van der Waals surface area contributed by atoms with Crippen LogP contribution in [-0.4, -0.2) is 27.0 Å². The van der Waals surface area contributed by atoms with E-state index in [2.05, 4.69) is 51.5 Å². The smallest absolute Gasteiger partial charge is 0.253 e. The van der Waals surface area contributed by atoms with Crippen molar-refractivity contribution in [2.75, 3.05) is 6.54 Å². The van der Waals surface area contributed by atoms with Crippen LogP contribution in [0.15, 0.2) is 47.5 Å². The molecule has 0 saturated carbocycles. The first-order chi connectivity index (χ1) is 18.4. The number of aromatic amines is 1. The number of pyridine rings is 2. The van der Waals surface area contributed by atoms with Gasteiger partial charge in [-0.05, 0) is 87.5 Å². The highest BCUT2D eigenvalue weighted by Gasteiger charge is 2.20. The van der Waals surface area contributed by atoms with Crippen molar-refractivity contribution < 1.29 is 4.79 Å². The summed E-state index contributed by atoms with van der Waals surface area (Å²) in [6.45, 7) is 10.0. The largest absolute Gasteiger partial charge is 0.348 e.